The third-order valence-electron chi connectivity index (χ3n) is 7.54. The van der Waals surface area contributed by atoms with Gasteiger partial charge >= 0.3 is 0 Å². The van der Waals surface area contributed by atoms with Crippen molar-refractivity contribution in [1.82, 2.24) is 10.3 Å². The Kier molecular flexibility index (Phi) is 7.93. The van der Waals surface area contributed by atoms with E-state index in [0.29, 0.717) is 16.9 Å². The number of halogens is 3. The Labute approximate surface area is 234 Å². The van der Waals surface area contributed by atoms with Gasteiger partial charge in [0, 0.05) is 36.4 Å². The third kappa shape index (κ3) is 5.74. The number of hydrogen-bond acceptors (Lipinski definition) is 5. The molecule has 2 heterocycles. The number of benzene rings is 2. The van der Waals surface area contributed by atoms with Gasteiger partial charge < -0.3 is 5.32 Å². The van der Waals surface area contributed by atoms with E-state index in [1.807, 2.05) is 0 Å². The zero-order valence-corrected chi connectivity index (χ0v) is 22.7. The Hall–Kier alpha value is -3.73. The van der Waals surface area contributed by atoms with Crippen LogP contribution in [0.5, 0.6) is 0 Å². The van der Waals surface area contributed by atoms with Crippen LogP contribution in [0.15, 0.2) is 59.4 Å². The van der Waals surface area contributed by atoms with Crippen LogP contribution in [0.4, 0.5) is 24.7 Å². The second kappa shape index (κ2) is 11.4. The van der Waals surface area contributed by atoms with Crippen LogP contribution < -0.4 is 15.1 Å². The molecule has 0 bridgehead atoms. The van der Waals surface area contributed by atoms with E-state index >= 15 is 0 Å². The zero-order chi connectivity index (χ0) is 28.4. The molecule has 3 amide bonds. The van der Waals surface area contributed by atoms with E-state index in [1.165, 1.54) is 45.4 Å². The largest absolute Gasteiger partial charge is 0.351 e. The summed E-state index contributed by atoms with van der Waals surface area (Å²) in [5.74, 6) is -4.44. The van der Waals surface area contributed by atoms with Gasteiger partial charge in [-0.3, -0.25) is 24.2 Å². The smallest absolute Gasteiger partial charge is 0.251 e. The van der Waals surface area contributed by atoms with E-state index in [4.69, 9.17) is 0 Å². The van der Waals surface area contributed by atoms with Crippen molar-refractivity contribution in [3.8, 4) is 0 Å². The maximum Gasteiger partial charge on any atom is 0.251 e. The second-order valence-corrected chi connectivity index (χ2v) is 11.0. The molecular formula is C29H29F3N4O3S. The first-order chi connectivity index (χ1) is 19.1. The summed E-state index contributed by atoms with van der Waals surface area (Å²) in [5, 5.41) is 4.56. The molecule has 1 saturated heterocycles. The number of hydrogen-bond donors (Lipinski definition) is 1. The summed E-state index contributed by atoms with van der Waals surface area (Å²) < 4.78 is 42.1. The highest BCUT2D eigenvalue weighted by molar-refractivity contribution is 7.07. The van der Waals surface area contributed by atoms with Crippen LogP contribution in [0.3, 0.4) is 0 Å². The molecule has 5 rings (SSSR count). The minimum Gasteiger partial charge on any atom is -0.351 e. The van der Waals surface area contributed by atoms with Gasteiger partial charge in [0.05, 0.1) is 5.51 Å². The highest BCUT2D eigenvalue weighted by Gasteiger charge is 2.45. The molecule has 2 aliphatic rings. The molecule has 2 atom stereocenters. The van der Waals surface area contributed by atoms with Crippen LogP contribution in [0.2, 0.25) is 0 Å². The van der Waals surface area contributed by atoms with Crippen molar-refractivity contribution in [3.05, 3.63) is 76.4 Å². The lowest BCUT2D eigenvalue weighted by Crippen LogP contribution is -2.53. The van der Waals surface area contributed by atoms with Crippen molar-refractivity contribution in [2.45, 2.75) is 69.5 Å². The molecule has 210 valence electrons. The molecule has 1 saturated carbocycles. The van der Waals surface area contributed by atoms with E-state index in [-0.39, 0.29) is 50.1 Å². The molecular weight excluding hydrogens is 541 g/mol. The average Bonchev–Trinajstić information content (AvgIpc) is 3.58. The number of nitrogens with zero attached hydrogens (tertiary/aromatic N) is 3. The number of carbonyl (C=O) groups is 3. The number of anilines is 2. The lowest BCUT2D eigenvalue weighted by molar-refractivity contribution is -0.128. The molecule has 3 aromatic rings. The molecule has 2 unspecified atom stereocenters. The molecule has 1 aliphatic heterocycles. The van der Waals surface area contributed by atoms with Gasteiger partial charge in [0.25, 0.3) is 5.91 Å². The maximum atomic E-state index is 14.5. The van der Waals surface area contributed by atoms with Crippen LogP contribution in [-0.4, -0.2) is 40.7 Å². The summed E-state index contributed by atoms with van der Waals surface area (Å²) in [5.41, 5.74) is 2.92. The van der Waals surface area contributed by atoms with Gasteiger partial charge in [-0.1, -0.05) is 30.3 Å². The molecule has 2 aromatic carbocycles. The Morgan fingerprint density at radius 1 is 1.12 bits per heavy atom. The first kappa shape index (κ1) is 27.8. The van der Waals surface area contributed by atoms with Crippen molar-refractivity contribution < 1.29 is 27.6 Å². The van der Waals surface area contributed by atoms with Crippen molar-refractivity contribution >= 4 is 40.6 Å². The van der Waals surface area contributed by atoms with Crippen LogP contribution in [0, 0.1) is 12.7 Å². The average molecular weight is 571 g/mol. The molecule has 2 fully saturated rings. The highest BCUT2D eigenvalue weighted by Crippen LogP contribution is 2.37. The van der Waals surface area contributed by atoms with E-state index < -0.39 is 41.7 Å². The van der Waals surface area contributed by atoms with Gasteiger partial charge in [-0.25, -0.2) is 18.2 Å². The molecule has 11 heteroatoms. The number of alkyl halides is 2. The quantitative estimate of drug-likeness (QED) is 0.404. The Morgan fingerprint density at radius 3 is 2.55 bits per heavy atom. The first-order valence-electron chi connectivity index (χ1n) is 13.2. The standard InChI is InChI=1S/C29H29F3N4O3S/c1-18-5-2-3-8-22(18)26(27(38)34-20-11-13-29(31,32)14-12-20)35(21-7-4-6-19(30)15-21)28(39)23-9-10-25(37)36(23)24-16-40-17-33-24/h2-8,15-17,20,23,26H,9-14H2,1H3,(H,34,38). The summed E-state index contributed by atoms with van der Waals surface area (Å²) in [6.07, 6.45) is -0.175. The normalized spacial score (nSPS) is 19.9. The number of nitrogens with one attached hydrogen (secondary N) is 1. The third-order valence-corrected chi connectivity index (χ3v) is 8.11. The van der Waals surface area contributed by atoms with Crippen molar-refractivity contribution in [1.29, 1.82) is 0 Å². The predicted molar refractivity (Wildman–Crippen MR) is 146 cm³/mol. The van der Waals surface area contributed by atoms with Crippen LogP contribution in [-0.2, 0) is 14.4 Å². The van der Waals surface area contributed by atoms with Crippen LogP contribution in [0.25, 0.3) is 0 Å². The first-order valence-corrected chi connectivity index (χ1v) is 14.1. The lowest BCUT2D eigenvalue weighted by Gasteiger charge is -2.37. The monoisotopic (exact) mass is 570 g/mol. The summed E-state index contributed by atoms with van der Waals surface area (Å²) in [4.78, 5) is 48.1. The van der Waals surface area contributed by atoms with E-state index in [1.54, 1.807) is 42.1 Å². The molecule has 1 aromatic heterocycles. The van der Waals surface area contributed by atoms with Crippen molar-refractivity contribution in [3.63, 3.8) is 0 Å². The maximum absolute atomic E-state index is 14.5. The van der Waals surface area contributed by atoms with Crippen LogP contribution in [0.1, 0.15) is 55.7 Å². The number of aryl methyl sites for hydroxylation is 1. The summed E-state index contributed by atoms with van der Waals surface area (Å²) >= 11 is 1.28. The van der Waals surface area contributed by atoms with Crippen molar-refractivity contribution in [2.24, 2.45) is 0 Å². The fraction of sp³-hybridized carbons (Fsp3) is 0.379. The second-order valence-electron chi connectivity index (χ2n) is 10.3. The molecule has 40 heavy (non-hydrogen) atoms. The highest BCUT2D eigenvalue weighted by atomic mass is 32.1. The van der Waals surface area contributed by atoms with Gasteiger partial charge in [-0.05, 0) is 55.5 Å². The van der Waals surface area contributed by atoms with Gasteiger partial charge in [-0.15, -0.1) is 11.3 Å². The fourth-order valence-electron chi connectivity index (χ4n) is 5.48. The lowest BCUT2D eigenvalue weighted by atomic mass is 9.91. The number of thiazole rings is 1. The van der Waals surface area contributed by atoms with Gasteiger partial charge in [0.1, 0.15) is 23.7 Å². The number of amides is 3. The Morgan fingerprint density at radius 2 is 1.88 bits per heavy atom. The molecule has 1 N–H and O–H groups in total. The number of aromatic nitrogens is 1. The molecule has 0 radical (unpaired) electrons. The minimum atomic E-state index is -2.77. The SMILES string of the molecule is Cc1ccccc1C(C(=O)NC1CCC(F)(F)CC1)N(C(=O)C1CCC(=O)N1c1cscn1)c1cccc(F)c1. The van der Waals surface area contributed by atoms with E-state index in [2.05, 4.69) is 10.3 Å². The minimum absolute atomic E-state index is 0.0991. The fourth-order valence-corrected chi connectivity index (χ4v) is 6.00. The Balaban J connectivity index is 1.57. The topological polar surface area (TPSA) is 82.6 Å². The molecule has 1 aliphatic carbocycles. The number of carbonyl (C=O) groups excluding carboxylic acids is 3. The van der Waals surface area contributed by atoms with Crippen LogP contribution >= 0.6 is 11.3 Å². The number of rotatable bonds is 7. The van der Waals surface area contributed by atoms with E-state index in [0.717, 1.165) is 0 Å². The van der Waals surface area contributed by atoms with E-state index in [9.17, 15) is 27.6 Å². The van der Waals surface area contributed by atoms with Gasteiger partial charge in [0.2, 0.25) is 17.7 Å². The van der Waals surface area contributed by atoms with Gasteiger partial charge in [-0.2, -0.15) is 0 Å². The van der Waals surface area contributed by atoms with Gasteiger partial charge in [0.15, 0.2) is 0 Å². The summed E-state index contributed by atoms with van der Waals surface area (Å²) in [6, 6.07) is 9.71. The molecule has 0 spiro atoms. The zero-order valence-electron chi connectivity index (χ0n) is 21.9. The Bertz CT molecular complexity index is 1390. The predicted octanol–water partition coefficient (Wildman–Crippen LogP) is 5.55. The summed E-state index contributed by atoms with van der Waals surface area (Å²) in [6.45, 7) is 1.80. The molecule has 7 nitrogen and oxygen atoms in total. The van der Waals surface area contributed by atoms with Crippen molar-refractivity contribution in [2.75, 3.05) is 9.80 Å². The summed E-state index contributed by atoms with van der Waals surface area (Å²) in [7, 11) is 0.